The Hall–Kier alpha value is -2.05. The highest BCUT2D eigenvalue weighted by atomic mass is 35.5. The van der Waals surface area contributed by atoms with Crippen molar-refractivity contribution in [3.63, 3.8) is 0 Å². The van der Waals surface area contributed by atoms with E-state index in [9.17, 15) is 4.39 Å². The van der Waals surface area contributed by atoms with Gasteiger partial charge in [-0.25, -0.2) is 4.39 Å². The van der Waals surface area contributed by atoms with Gasteiger partial charge in [-0.2, -0.15) is 5.26 Å². The molecule has 0 heterocycles. The quantitative estimate of drug-likeness (QED) is 0.839. The zero-order chi connectivity index (χ0) is 13.8. The molecule has 2 rings (SSSR count). The summed E-state index contributed by atoms with van der Waals surface area (Å²) in [6.45, 7) is 2.12. The number of benzene rings is 2. The number of nitriles is 1. The van der Waals surface area contributed by atoms with Crippen LogP contribution in [0.3, 0.4) is 0 Å². The summed E-state index contributed by atoms with van der Waals surface area (Å²) >= 11 is 5.92. The van der Waals surface area contributed by atoms with Crippen LogP contribution in [-0.4, -0.2) is 0 Å². The van der Waals surface area contributed by atoms with Gasteiger partial charge in [-0.05, 0) is 36.8 Å². The minimum absolute atomic E-state index is 0.231. The van der Waals surface area contributed by atoms with Crippen LogP contribution in [0.4, 0.5) is 4.39 Å². The third-order valence-corrected chi connectivity index (χ3v) is 3.07. The summed E-state index contributed by atoms with van der Waals surface area (Å²) in [7, 11) is 0. The lowest BCUT2D eigenvalue weighted by molar-refractivity contribution is 0.304. The molecule has 0 aliphatic carbocycles. The van der Waals surface area contributed by atoms with Gasteiger partial charge in [0.05, 0.1) is 16.7 Å². The van der Waals surface area contributed by atoms with Gasteiger partial charge in [0.1, 0.15) is 18.2 Å². The Morgan fingerprint density at radius 3 is 2.74 bits per heavy atom. The highest BCUT2D eigenvalue weighted by molar-refractivity contribution is 6.31. The summed E-state index contributed by atoms with van der Waals surface area (Å²) < 4.78 is 18.5. The van der Waals surface area contributed by atoms with Crippen molar-refractivity contribution in [2.75, 3.05) is 0 Å². The van der Waals surface area contributed by atoms with Crippen molar-refractivity contribution in [3.8, 4) is 11.8 Å². The topological polar surface area (TPSA) is 33.0 Å². The van der Waals surface area contributed by atoms with Crippen molar-refractivity contribution >= 4 is 11.6 Å². The molecule has 0 radical (unpaired) electrons. The van der Waals surface area contributed by atoms with Gasteiger partial charge in [-0.15, -0.1) is 0 Å². The van der Waals surface area contributed by atoms with Gasteiger partial charge >= 0.3 is 0 Å². The summed E-state index contributed by atoms with van der Waals surface area (Å²) in [4.78, 5) is 0. The fourth-order valence-corrected chi connectivity index (χ4v) is 1.84. The van der Waals surface area contributed by atoms with Crippen LogP contribution >= 0.6 is 11.6 Å². The largest absolute Gasteiger partial charge is 0.489 e. The predicted molar refractivity (Wildman–Crippen MR) is 71.6 cm³/mol. The number of hydrogen-bond donors (Lipinski definition) is 0. The molecular formula is C15H11ClFNO. The maximum Gasteiger partial charge on any atom is 0.124 e. The van der Waals surface area contributed by atoms with Gasteiger partial charge in [-0.1, -0.05) is 23.7 Å². The molecule has 0 amide bonds. The van der Waals surface area contributed by atoms with Crippen LogP contribution in [0.1, 0.15) is 16.7 Å². The van der Waals surface area contributed by atoms with E-state index < -0.39 is 0 Å². The fourth-order valence-electron chi connectivity index (χ4n) is 1.62. The molecule has 0 saturated heterocycles. The monoisotopic (exact) mass is 275 g/mol. The van der Waals surface area contributed by atoms with Crippen molar-refractivity contribution in [1.82, 2.24) is 0 Å². The van der Waals surface area contributed by atoms with E-state index >= 15 is 0 Å². The molecule has 0 aliphatic rings. The zero-order valence-corrected chi connectivity index (χ0v) is 11.0. The van der Waals surface area contributed by atoms with Crippen LogP contribution in [0.2, 0.25) is 5.02 Å². The van der Waals surface area contributed by atoms with Gasteiger partial charge in [0.2, 0.25) is 0 Å². The molecule has 2 aromatic rings. The molecule has 0 atom stereocenters. The van der Waals surface area contributed by atoms with Crippen molar-refractivity contribution in [2.45, 2.75) is 13.5 Å². The number of halogens is 2. The van der Waals surface area contributed by atoms with Crippen LogP contribution in [-0.2, 0) is 6.61 Å². The SMILES string of the molecule is Cc1ccc(C#N)cc1OCc1ccc(F)cc1Cl. The Balaban J connectivity index is 2.16. The maximum atomic E-state index is 12.9. The minimum Gasteiger partial charge on any atom is -0.489 e. The van der Waals surface area contributed by atoms with Crippen LogP contribution in [0.25, 0.3) is 0 Å². The number of hydrogen-bond acceptors (Lipinski definition) is 2. The molecule has 0 N–H and O–H groups in total. The first kappa shape index (κ1) is 13.4. The molecule has 0 aliphatic heterocycles. The van der Waals surface area contributed by atoms with Crippen molar-refractivity contribution in [2.24, 2.45) is 0 Å². The second kappa shape index (κ2) is 5.73. The lowest BCUT2D eigenvalue weighted by atomic mass is 10.1. The predicted octanol–water partition coefficient (Wildman–Crippen LogP) is 4.24. The highest BCUT2D eigenvalue weighted by Crippen LogP contribution is 2.23. The van der Waals surface area contributed by atoms with E-state index in [4.69, 9.17) is 21.6 Å². The summed E-state index contributed by atoms with van der Waals surface area (Å²) in [5, 5.41) is 9.17. The molecule has 4 heteroatoms. The molecule has 0 spiro atoms. The maximum absolute atomic E-state index is 12.9. The van der Waals surface area contributed by atoms with E-state index in [1.54, 1.807) is 18.2 Å². The summed E-state index contributed by atoms with van der Waals surface area (Å²) in [5.41, 5.74) is 2.16. The minimum atomic E-state index is -0.378. The Morgan fingerprint density at radius 1 is 1.26 bits per heavy atom. The molecule has 19 heavy (non-hydrogen) atoms. The summed E-state index contributed by atoms with van der Waals surface area (Å²) in [6.07, 6.45) is 0. The number of aryl methyl sites for hydroxylation is 1. The fraction of sp³-hybridized carbons (Fsp3) is 0.133. The van der Waals surface area contributed by atoms with E-state index in [0.29, 0.717) is 21.9 Å². The van der Waals surface area contributed by atoms with Gasteiger partial charge in [0.25, 0.3) is 0 Å². The van der Waals surface area contributed by atoms with E-state index in [1.165, 1.54) is 12.1 Å². The number of ether oxygens (including phenoxy) is 1. The summed E-state index contributed by atoms with van der Waals surface area (Å²) in [5.74, 6) is 0.246. The third kappa shape index (κ3) is 3.24. The van der Waals surface area contributed by atoms with Crippen LogP contribution in [0.15, 0.2) is 36.4 Å². The van der Waals surface area contributed by atoms with E-state index in [1.807, 2.05) is 13.0 Å². The molecule has 2 aromatic carbocycles. The molecule has 2 nitrogen and oxygen atoms in total. The molecule has 0 aromatic heterocycles. The second-order valence-electron chi connectivity index (χ2n) is 4.12. The first-order valence-corrected chi connectivity index (χ1v) is 6.05. The standard InChI is InChI=1S/C15H11ClFNO/c1-10-2-3-11(8-18)6-15(10)19-9-12-4-5-13(17)7-14(12)16/h2-7H,9H2,1H3. The Bertz CT molecular complexity index is 649. The van der Waals surface area contributed by atoms with Crippen LogP contribution in [0.5, 0.6) is 5.75 Å². The van der Waals surface area contributed by atoms with Crippen molar-refractivity contribution in [1.29, 1.82) is 5.26 Å². The van der Waals surface area contributed by atoms with Gasteiger partial charge in [0, 0.05) is 5.56 Å². The van der Waals surface area contributed by atoms with Crippen molar-refractivity contribution in [3.05, 3.63) is 63.9 Å². The smallest absolute Gasteiger partial charge is 0.124 e. The third-order valence-electron chi connectivity index (χ3n) is 2.72. The second-order valence-corrected chi connectivity index (χ2v) is 4.52. The normalized spacial score (nSPS) is 10.0. The molecule has 0 bridgehead atoms. The van der Waals surface area contributed by atoms with Gasteiger partial charge < -0.3 is 4.74 Å². The first-order valence-electron chi connectivity index (χ1n) is 5.67. The lowest BCUT2D eigenvalue weighted by Crippen LogP contribution is -1.98. The molecule has 0 fully saturated rings. The van der Waals surface area contributed by atoms with Crippen LogP contribution < -0.4 is 4.74 Å². The zero-order valence-electron chi connectivity index (χ0n) is 10.3. The molecule has 96 valence electrons. The van der Waals surface area contributed by atoms with E-state index in [0.717, 1.165) is 5.56 Å². The molecule has 0 unspecified atom stereocenters. The molecular weight excluding hydrogens is 265 g/mol. The first-order chi connectivity index (χ1) is 9.10. The Kier molecular flexibility index (Phi) is 4.03. The average molecular weight is 276 g/mol. The summed E-state index contributed by atoms with van der Waals surface area (Å²) in [6, 6.07) is 11.4. The van der Waals surface area contributed by atoms with Gasteiger partial charge in [-0.3, -0.25) is 0 Å². The molecule has 0 saturated carbocycles. The van der Waals surface area contributed by atoms with Gasteiger partial charge in [0.15, 0.2) is 0 Å². The Morgan fingerprint density at radius 2 is 2.05 bits per heavy atom. The Labute approximate surface area is 116 Å². The van der Waals surface area contributed by atoms with Crippen LogP contribution in [0, 0.1) is 24.1 Å². The lowest BCUT2D eigenvalue weighted by Gasteiger charge is -2.10. The van der Waals surface area contributed by atoms with E-state index in [-0.39, 0.29) is 12.4 Å². The average Bonchev–Trinajstić information content (AvgIpc) is 2.39. The number of rotatable bonds is 3. The number of nitrogens with zero attached hydrogens (tertiary/aromatic N) is 1. The van der Waals surface area contributed by atoms with Crippen molar-refractivity contribution < 1.29 is 9.13 Å². The highest BCUT2D eigenvalue weighted by Gasteiger charge is 2.05. The van der Waals surface area contributed by atoms with E-state index in [2.05, 4.69) is 6.07 Å².